The molecule has 106 valence electrons. The molecule has 0 aliphatic heterocycles. The molecule has 0 aliphatic rings. The predicted molar refractivity (Wildman–Crippen MR) is 71.8 cm³/mol. The lowest BCUT2D eigenvalue weighted by Crippen LogP contribution is -2.13. The van der Waals surface area contributed by atoms with Crippen LogP contribution in [0.1, 0.15) is 16.1 Å². The number of carbonyl (C=O) groups excluding carboxylic acids is 1. The van der Waals surface area contributed by atoms with Gasteiger partial charge in [0.05, 0.1) is 26.1 Å². The van der Waals surface area contributed by atoms with Crippen molar-refractivity contribution in [1.29, 1.82) is 0 Å². The fourth-order valence-corrected chi connectivity index (χ4v) is 1.86. The number of nitrogens with zero attached hydrogens (tertiary/aromatic N) is 3. The van der Waals surface area contributed by atoms with E-state index in [1.54, 1.807) is 24.4 Å². The van der Waals surface area contributed by atoms with Crippen molar-refractivity contribution in [1.82, 2.24) is 15.0 Å². The Morgan fingerprint density at radius 3 is 2.45 bits per heavy atom. The molecule has 2 aromatic rings. The predicted octanol–water partition coefficient (Wildman–Crippen LogP) is 0.637. The third-order valence-electron chi connectivity index (χ3n) is 2.81. The first-order valence-electron chi connectivity index (χ1n) is 6.02. The van der Waals surface area contributed by atoms with E-state index in [0.717, 1.165) is 0 Å². The van der Waals surface area contributed by atoms with Gasteiger partial charge in [0.15, 0.2) is 5.78 Å². The first kappa shape index (κ1) is 14.0. The molecule has 0 fully saturated rings. The standard InChI is InChI=1S/C13H16N4O3/c1-19-11-4-3-5-12(20-2)13(11)10(18)8-17-7-9(6-14)15-16-17/h3-5,7H,6,8,14H2,1-2H3. The fraction of sp³-hybridized carbons (Fsp3) is 0.308. The number of nitrogens with two attached hydrogens (primary N) is 1. The molecule has 0 bridgehead atoms. The summed E-state index contributed by atoms with van der Waals surface area (Å²) in [6.45, 7) is 0.329. The normalized spacial score (nSPS) is 10.3. The number of aromatic nitrogens is 3. The zero-order valence-corrected chi connectivity index (χ0v) is 11.4. The molecule has 0 radical (unpaired) electrons. The number of methoxy groups -OCH3 is 2. The van der Waals surface area contributed by atoms with Gasteiger partial charge in [-0.25, -0.2) is 4.68 Å². The second kappa shape index (κ2) is 6.16. The van der Waals surface area contributed by atoms with Crippen molar-refractivity contribution in [2.45, 2.75) is 13.1 Å². The molecule has 0 saturated heterocycles. The Morgan fingerprint density at radius 2 is 1.95 bits per heavy atom. The van der Waals surface area contributed by atoms with Gasteiger partial charge in [0.1, 0.15) is 23.6 Å². The van der Waals surface area contributed by atoms with Gasteiger partial charge < -0.3 is 15.2 Å². The largest absolute Gasteiger partial charge is 0.496 e. The summed E-state index contributed by atoms with van der Waals surface area (Å²) >= 11 is 0. The number of Topliss-reactive ketones (excluding diaryl/α,β-unsaturated/α-hetero) is 1. The molecule has 1 heterocycles. The van der Waals surface area contributed by atoms with Crippen LogP contribution in [0.4, 0.5) is 0 Å². The highest BCUT2D eigenvalue weighted by atomic mass is 16.5. The summed E-state index contributed by atoms with van der Waals surface area (Å²) in [5, 5.41) is 7.69. The minimum absolute atomic E-state index is 0.0454. The summed E-state index contributed by atoms with van der Waals surface area (Å²) in [4.78, 5) is 12.4. The summed E-state index contributed by atoms with van der Waals surface area (Å²) in [5.74, 6) is 0.759. The summed E-state index contributed by atoms with van der Waals surface area (Å²) in [7, 11) is 3.01. The molecule has 0 saturated carbocycles. The lowest BCUT2D eigenvalue weighted by Gasteiger charge is -2.11. The highest BCUT2D eigenvalue weighted by molar-refractivity contribution is 6.01. The summed E-state index contributed by atoms with van der Waals surface area (Å²) in [6, 6.07) is 5.18. The Kier molecular flexibility index (Phi) is 4.31. The zero-order chi connectivity index (χ0) is 14.5. The van der Waals surface area contributed by atoms with E-state index in [2.05, 4.69) is 10.3 Å². The Bertz CT molecular complexity index is 587. The van der Waals surface area contributed by atoms with E-state index in [1.807, 2.05) is 0 Å². The van der Waals surface area contributed by atoms with E-state index in [-0.39, 0.29) is 18.9 Å². The molecule has 0 unspecified atom stereocenters. The number of carbonyl (C=O) groups is 1. The van der Waals surface area contributed by atoms with Crippen LogP contribution >= 0.6 is 0 Å². The van der Waals surface area contributed by atoms with Crippen LogP contribution in [0, 0.1) is 0 Å². The monoisotopic (exact) mass is 276 g/mol. The van der Waals surface area contributed by atoms with Crippen LogP contribution in [0.15, 0.2) is 24.4 Å². The average Bonchev–Trinajstić information content (AvgIpc) is 2.93. The Balaban J connectivity index is 2.28. The molecular weight excluding hydrogens is 260 g/mol. The van der Waals surface area contributed by atoms with Gasteiger partial charge in [-0.3, -0.25) is 4.79 Å². The molecule has 0 amide bonds. The van der Waals surface area contributed by atoms with Crippen molar-refractivity contribution in [2.75, 3.05) is 14.2 Å². The quantitative estimate of drug-likeness (QED) is 0.778. The number of ether oxygens (including phenoxy) is 2. The molecule has 0 atom stereocenters. The van der Waals surface area contributed by atoms with Crippen LogP contribution in [0.2, 0.25) is 0 Å². The lowest BCUT2D eigenvalue weighted by molar-refractivity contribution is 0.0961. The van der Waals surface area contributed by atoms with Crippen molar-refractivity contribution in [3.8, 4) is 11.5 Å². The SMILES string of the molecule is COc1cccc(OC)c1C(=O)Cn1cc(CN)nn1. The molecule has 0 spiro atoms. The van der Waals surface area contributed by atoms with Crippen molar-refractivity contribution >= 4 is 5.78 Å². The van der Waals surface area contributed by atoms with Crippen LogP contribution in [0.5, 0.6) is 11.5 Å². The van der Waals surface area contributed by atoms with Crippen LogP contribution in [0.3, 0.4) is 0 Å². The number of ketones is 1. The van der Waals surface area contributed by atoms with E-state index in [9.17, 15) is 4.79 Å². The van der Waals surface area contributed by atoms with Crippen molar-refractivity contribution in [3.63, 3.8) is 0 Å². The highest BCUT2D eigenvalue weighted by Crippen LogP contribution is 2.28. The van der Waals surface area contributed by atoms with Crippen LogP contribution in [-0.4, -0.2) is 35.0 Å². The maximum Gasteiger partial charge on any atom is 0.191 e. The second-order valence-electron chi connectivity index (χ2n) is 4.07. The van der Waals surface area contributed by atoms with E-state index in [4.69, 9.17) is 15.2 Å². The molecule has 0 aliphatic carbocycles. The average molecular weight is 276 g/mol. The maximum absolute atomic E-state index is 12.4. The van der Waals surface area contributed by atoms with E-state index in [1.165, 1.54) is 18.9 Å². The molecule has 7 heteroatoms. The number of hydrogen-bond acceptors (Lipinski definition) is 6. The van der Waals surface area contributed by atoms with Crippen molar-refractivity contribution in [2.24, 2.45) is 5.73 Å². The van der Waals surface area contributed by atoms with E-state index in [0.29, 0.717) is 22.8 Å². The zero-order valence-electron chi connectivity index (χ0n) is 11.4. The molecule has 2 rings (SSSR count). The molecule has 1 aromatic heterocycles. The van der Waals surface area contributed by atoms with Gasteiger partial charge in [-0.1, -0.05) is 11.3 Å². The first-order valence-corrected chi connectivity index (χ1v) is 6.02. The molecule has 1 aromatic carbocycles. The fourth-order valence-electron chi connectivity index (χ4n) is 1.86. The second-order valence-corrected chi connectivity index (χ2v) is 4.07. The van der Waals surface area contributed by atoms with E-state index < -0.39 is 0 Å². The molecule has 20 heavy (non-hydrogen) atoms. The Morgan fingerprint density at radius 1 is 1.30 bits per heavy atom. The maximum atomic E-state index is 12.4. The first-order chi connectivity index (χ1) is 9.69. The minimum Gasteiger partial charge on any atom is -0.496 e. The summed E-state index contributed by atoms with van der Waals surface area (Å²) in [5.41, 5.74) is 6.48. The number of benzene rings is 1. The summed E-state index contributed by atoms with van der Waals surface area (Å²) < 4.78 is 11.9. The number of hydrogen-bond donors (Lipinski definition) is 1. The van der Waals surface area contributed by atoms with Crippen LogP contribution in [-0.2, 0) is 13.1 Å². The van der Waals surface area contributed by atoms with Gasteiger partial charge in [0.2, 0.25) is 0 Å². The third kappa shape index (κ3) is 2.77. The minimum atomic E-state index is -0.173. The topological polar surface area (TPSA) is 92.3 Å². The smallest absolute Gasteiger partial charge is 0.191 e. The van der Waals surface area contributed by atoms with Gasteiger partial charge in [0.25, 0.3) is 0 Å². The lowest BCUT2D eigenvalue weighted by atomic mass is 10.1. The summed E-state index contributed by atoms with van der Waals surface area (Å²) in [6.07, 6.45) is 1.64. The van der Waals surface area contributed by atoms with Gasteiger partial charge >= 0.3 is 0 Å². The Labute approximate surface area is 116 Å². The van der Waals surface area contributed by atoms with Gasteiger partial charge in [-0.15, -0.1) is 5.10 Å². The van der Waals surface area contributed by atoms with E-state index >= 15 is 0 Å². The Hall–Kier alpha value is -2.41. The molecular formula is C13H16N4O3. The van der Waals surface area contributed by atoms with Crippen molar-refractivity contribution in [3.05, 3.63) is 35.7 Å². The van der Waals surface area contributed by atoms with Gasteiger partial charge in [-0.2, -0.15) is 0 Å². The molecule has 2 N–H and O–H groups in total. The number of rotatable bonds is 6. The van der Waals surface area contributed by atoms with Crippen LogP contribution in [0.25, 0.3) is 0 Å². The van der Waals surface area contributed by atoms with Gasteiger partial charge in [-0.05, 0) is 12.1 Å². The van der Waals surface area contributed by atoms with Crippen LogP contribution < -0.4 is 15.2 Å². The van der Waals surface area contributed by atoms with Crippen molar-refractivity contribution < 1.29 is 14.3 Å². The molecule has 7 nitrogen and oxygen atoms in total. The highest BCUT2D eigenvalue weighted by Gasteiger charge is 2.18. The van der Waals surface area contributed by atoms with Gasteiger partial charge in [0, 0.05) is 6.54 Å². The third-order valence-corrected chi connectivity index (χ3v) is 2.81.